The van der Waals surface area contributed by atoms with Crippen molar-refractivity contribution in [2.45, 2.75) is 44.6 Å². The predicted octanol–water partition coefficient (Wildman–Crippen LogP) is 0.810. The maximum Gasteiger partial charge on any atom is 0.281 e. The molecule has 0 radical (unpaired) electrons. The van der Waals surface area contributed by atoms with E-state index in [1.807, 2.05) is 0 Å². The van der Waals surface area contributed by atoms with E-state index in [0.29, 0.717) is 25.0 Å². The average molecular weight is 329 g/mol. The Kier molecular flexibility index (Phi) is 4.49. The van der Waals surface area contributed by atoms with E-state index in [0.717, 1.165) is 25.2 Å². The molecule has 2 bridgehead atoms. The van der Waals surface area contributed by atoms with Crippen LogP contribution in [-0.4, -0.2) is 56.2 Å². The molecule has 22 heavy (non-hydrogen) atoms. The Balaban J connectivity index is 1.59. The molecule has 6 nitrogen and oxygen atoms in total. The van der Waals surface area contributed by atoms with Gasteiger partial charge in [-0.1, -0.05) is 6.42 Å². The quantitative estimate of drug-likeness (QED) is 0.830. The smallest absolute Gasteiger partial charge is 0.281 e. The number of piperidine rings is 1. The second-order valence-electron chi connectivity index (χ2n) is 7.28. The van der Waals surface area contributed by atoms with Gasteiger partial charge in [-0.2, -0.15) is 17.0 Å². The molecule has 0 aromatic carbocycles. The van der Waals surface area contributed by atoms with Crippen LogP contribution in [-0.2, 0) is 15.0 Å². The molecular weight excluding hydrogens is 302 g/mol. The van der Waals surface area contributed by atoms with Crippen LogP contribution in [0.2, 0.25) is 0 Å². The third-order valence-electron chi connectivity index (χ3n) is 5.61. The van der Waals surface area contributed by atoms with Gasteiger partial charge in [0.1, 0.15) is 0 Å². The van der Waals surface area contributed by atoms with Gasteiger partial charge in [0.25, 0.3) is 10.2 Å². The van der Waals surface area contributed by atoms with Crippen molar-refractivity contribution < 1.29 is 13.2 Å². The molecule has 4 atom stereocenters. The molecule has 0 spiro atoms. The molecule has 1 saturated heterocycles. The van der Waals surface area contributed by atoms with Crippen molar-refractivity contribution in [3.05, 3.63) is 0 Å². The molecule has 3 aliphatic rings. The molecule has 0 aromatic heterocycles. The van der Waals surface area contributed by atoms with Crippen LogP contribution in [0.3, 0.4) is 0 Å². The molecular formula is C15H27N3O3S. The fourth-order valence-corrected chi connectivity index (χ4v) is 5.51. The monoisotopic (exact) mass is 329 g/mol. The van der Waals surface area contributed by atoms with Crippen molar-refractivity contribution in [3.63, 3.8) is 0 Å². The first-order chi connectivity index (χ1) is 10.4. The van der Waals surface area contributed by atoms with E-state index in [1.165, 1.54) is 42.0 Å². The maximum absolute atomic E-state index is 12.5. The zero-order chi connectivity index (χ0) is 15.9. The van der Waals surface area contributed by atoms with Crippen LogP contribution in [0.1, 0.15) is 38.5 Å². The van der Waals surface area contributed by atoms with Gasteiger partial charge in [0.15, 0.2) is 0 Å². The van der Waals surface area contributed by atoms with Crippen molar-refractivity contribution in [3.8, 4) is 0 Å². The van der Waals surface area contributed by atoms with E-state index in [4.69, 9.17) is 0 Å². The van der Waals surface area contributed by atoms with Gasteiger partial charge in [0.2, 0.25) is 5.91 Å². The van der Waals surface area contributed by atoms with Crippen LogP contribution >= 0.6 is 0 Å². The van der Waals surface area contributed by atoms with Gasteiger partial charge in [-0.05, 0) is 43.9 Å². The lowest BCUT2D eigenvalue weighted by molar-refractivity contribution is -0.127. The van der Waals surface area contributed by atoms with Crippen molar-refractivity contribution in [2.75, 3.05) is 27.2 Å². The molecule has 1 N–H and O–H groups in total. The summed E-state index contributed by atoms with van der Waals surface area (Å²) in [6.07, 6.45) is 6.46. The Morgan fingerprint density at radius 1 is 1.18 bits per heavy atom. The highest BCUT2D eigenvalue weighted by Crippen LogP contribution is 2.44. The SMILES string of the molecule is CN(C)S(=O)(=O)N1CCC[C@@H](C(=O)N[C@@H]2C[C@@H]3CC[C@@H]2C3)C1. The van der Waals surface area contributed by atoms with Crippen LogP contribution in [0.5, 0.6) is 0 Å². The van der Waals surface area contributed by atoms with Crippen molar-refractivity contribution >= 4 is 16.1 Å². The number of hydrogen-bond donors (Lipinski definition) is 1. The molecule has 7 heteroatoms. The number of carbonyl (C=O) groups excluding carboxylic acids is 1. The Morgan fingerprint density at radius 2 is 1.95 bits per heavy atom. The standard InChI is InChI=1S/C15H27N3O3S/c1-17(2)22(20,21)18-7-3-4-13(10-18)15(19)16-14-9-11-5-6-12(14)8-11/h11-14H,3-10H2,1-2H3,(H,16,19)/t11-,12-,13-,14-/m1/s1. The summed E-state index contributed by atoms with van der Waals surface area (Å²) in [6, 6.07) is 0.326. The zero-order valence-corrected chi connectivity index (χ0v) is 14.3. The Labute approximate surface area is 133 Å². The molecule has 126 valence electrons. The first-order valence-electron chi connectivity index (χ1n) is 8.36. The summed E-state index contributed by atoms with van der Waals surface area (Å²) in [5, 5.41) is 3.21. The molecule has 0 unspecified atom stereocenters. The van der Waals surface area contributed by atoms with E-state index < -0.39 is 10.2 Å². The number of nitrogens with zero attached hydrogens (tertiary/aromatic N) is 2. The molecule has 1 amide bonds. The average Bonchev–Trinajstić information content (AvgIpc) is 3.09. The highest BCUT2D eigenvalue weighted by atomic mass is 32.2. The minimum Gasteiger partial charge on any atom is -0.353 e. The fraction of sp³-hybridized carbons (Fsp3) is 0.933. The molecule has 3 rings (SSSR count). The Bertz CT molecular complexity index is 534. The lowest BCUT2D eigenvalue weighted by Crippen LogP contribution is -2.50. The normalized spacial score (nSPS) is 36.0. The maximum atomic E-state index is 12.5. The first-order valence-corrected chi connectivity index (χ1v) is 9.75. The first kappa shape index (κ1) is 16.2. The van der Waals surface area contributed by atoms with E-state index in [2.05, 4.69) is 5.32 Å². The number of fused-ring (bicyclic) bond motifs is 2. The number of amides is 1. The van der Waals surface area contributed by atoms with Crippen molar-refractivity contribution in [1.29, 1.82) is 0 Å². The van der Waals surface area contributed by atoms with Crippen LogP contribution in [0.4, 0.5) is 0 Å². The predicted molar refractivity (Wildman–Crippen MR) is 84.3 cm³/mol. The Hall–Kier alpha value is -0.660. The number of hydrogen-bond acceptors (Lipinski definition) is 3. The van der Waals surface area contributed by atoms with Gasteiger partial charge in [0, 0.05) is 33.2 Å². The second kappa shape index (κ2) is 6.09. The van der Waals surface area contributed by atoms with E-state index >= 15 is 0 Å². The van der Waals surface area contributed by atoms with E-state index in [1.54, 1.807) is 0 Å². The second-order valence-corrected chi connectivity index (χ2v) is 9.42. The highest BCUT2D eigenvalue weighted by Gasteiger charge is 2.41. The summed E-state index contributed by atoms with van der Waals surface area (Å²) in [4.78, 5) is 12.5. The Morgan fingerprint density at radius 3 is 2.55 bits per heavy atom. The van der Waals surface area contributed by atoms with Gasteiger partial charge in [-0.15, -0.1) is 0 Å². The summed E-state index contributed by atoms with van der Waals surface area (Å²) in [5.74, 6) is 1.30. The number of nitrogens with one attached hydrogen (secondary N) is 1. The summed E-state index contributed by atoms with van der Waals surface area (Å²) in [6.45, 7) is 0.825. The largest absolute Gasteiger partial charge is 0.353 e. The minimum atomic E-state index is -3.42. The van der Waals surface area contributed by atoms with E-state index in [9.17, 15) is 13.2 Å². The van der Waals surface area contributed by atoms with Crippen molar-refractivity contribution in [1.82, 2.24) is 13.9 Å². The summed E-state index contributed by atoms with van der Waals surface area (Å²) in [5.41, 5.74) is 0. The van der Waals surface area contributed by atoms with Gasteiger partial charge >= 0.3 is 0 Å². The molecule has 1 aliphatic heterocycles. The van der Waals surface area contributed by atoms with Gasteiger partial charge in [0.05, 0.1) is 5.92 Å². The molecule has 2 aliphatic carbocycles. The van der Waals surface area contributed by atoms with Gasteiger partial charge in [-0.25, -0.2) is 0 Å². The third kappa shape index (κ3) is 3.03. The zero-order valence-electron chi connectivity index (χ0n) is 13.5. The van der Waals surface area contributed by atoms with Crippen LogP contribution < -0.4 is 5.32 Å². The highest BCUT2D eigenvalue weighted by molar-refractivity contribution is 7.86. The summed E-state index contributed by atoms with van der Waals surface area (Å²) in [7, 11) is -0.343. The molecule has 1 heterocycles. The van der Waals surface area contributed by atoms with Crippen LogP contribution in [0, 0.1) is 17.8 Å². The van der Waals surface area contributed by atoms with Crippen LogP contribution in [0.25, 0.3) is 0 Å². The molecule has 0 aromatic rings. The van der Waals surface area contributed by atoms with Gasteiger partial charge < -0.3 is 5.32 Å². The fourth-order valence-electron chi connectivity index (χ4n) is 4.32. The third-order valence-corrected chi connectivity index (χ3v) is 7.52. The molecule has 3 fully saturated rings. The number of carbonyl (C=O) groups is 1. The minimum absolute atomic E-state index is 0.0520. The lowest BCUT2D eigenvalue weighted by Gasteiger charge is -2.34. The van der Waals surface area contributed by atoms with Crippen molar-refractivity contribution in [2.24, 2.45) is 17.8 Å². The topological polar surface area (TPSA) is 69.7 Å². The lowest BCUT2D eigenvalue weighted by atomic mass is 9.93. The van der Waals surface area contributed by atoms with E-state index in [-0.39, 0.29) is 11.8 Å². The molecule has 2 saturated carbocycles. The number of rotatable bonds is 4. The summed E-state index contributed by atoms with van der Waals surface area (Å²) < 4.78 is 27.1. The summed E-state index contributed by atoms with van der Waals surface area (Å²) >= 11 is 0. The van der Waals surface area contributed by atoms with Crippen LogP contribution in [0.15, 0.2) is 0 Å². The van der Waals surface area contributed by atoms with Gasteiger partial charge in [-0.3, -0.25) is 4.79 Å².